The molecule has 1 aromatic rings. The minimum Gasteiger partial charge on any atom is -0.491 e. The van der Waals surface area contributed by atoms with Crippen LogP contribution in [0.15, 0.2) is 24.3 Å². The summed E-state index contributed by atoms with van der Waals surface area (Å²) < 4.78 is 10.9. The maximum atomic E-state index is 9.63. The van der Waals surface area contributed by atoms with Crippen LogP contribution in [0.3, 0.4) is 0 Å². The van der Waals surface area contributed by atoms with Crippen LogP contribution in [0.4, 0.5) is 0 Å². The van der Waals surface area contributed by atoms with E-state index in [1.165, 1.54) is 0 Å². The smallest absolute Gasteiger partial charge is 0.119 e. The van der Waals surface area contributed by atoms with Crippen LogP contribution in [0.1, 0.15) is 38.9 Å². The Balaban J connectivity index is 2.35. The average Bonchev–Trinajstić information content (AvgIpc) is 2.34. The predicted molar refractivity (Wildman–Crippen MR) is 68.3 cm³/mol. The second kappa shape index (κ2) is 7.30. The monoisotopic (exact) mass is 238 g/mol. The van der Waals surface area contributed by atoms with E-state index < -0.39 is 0 Å². The van der Waals surface area contributed by atoms with Gasteiger partial charge in [-0.2, -0.15) is 0 Å². The number of hydrogen-bond donors (Lipinski definition) is 1. The number of hydrogen-bond acceptors (Lipinski definition) is 3. The summed E-state index contributed by atoms with van der Waals surface area (Å²) >= 11 is 0. The zero-order valence-corrected chi connectivity index (χ0v) is 10.8. The first-order chi connectivity index (χ1) is 8.13. The van der Waals surface area contributed by atoms with Crippen molar-refractivity contribution in [3.05, 3.63) is 29.8 Å². The summed E-state index contributed by atoms with van der Waals surface area (Å²) in [6.07, 6.45) is 0.580. The molecule has 96 valence electrons. The number of ether oxygens (including phenoxy) is 2. The van der Waals surface area contributed by atoms with Gasteiger partial charge in [0, 0.05) is 0 Å². The standard InChI is InChI=1S/C14H22O3/c1-4-14(15)12-5-7-13(8-6-12)17-10-9-16-11(2)3/h5-8,11,14-15H,4,9-10H2,1-3H3/t14-/m0/s1. The Morgan fingerprint density at radius 1 is 1.12 bits per heavy atom. The van der Waals surface area contributed by atoms with Crippen molar-refractivity contribution in [1.82, 2.24) is 0 Å². The summed E-state index contributed by atoms with van der Waals surface area (Å²) in [5, 5.41) is 9.63. The number of aliphatic hydroxyl groups is 1. The Morgan fingerprint density at radius 3 is 2.29 bits per heavy atom. The molecule has 3 heteroatoms. The maximum absolute atomic E-state index is 9.63. The van der Waals surface area contributed by atoms with E-state index in [0.29, 0.717) is 13.2 Å². The largest absolute Gasteiger partial charge is 0.491 e. The van der Waals surface area contributed by atoms with Crippen LogP contribution < -0.4 is 4.74 Å². The van der Waals surface area contributed by atoms with Crippen molar-refractivity contribution >= 4 is 0 Å². The van der Waals surface area contributed by atoms with E-state index in [4.69, 9.17) is 9.47 Å². The van der Waals surface area contributed by atoms with Crippen LogP contribution in [0.2, 0.25) is 0 Å². The third-order valence-electron chi connectivity index (χ3n) is 2.45. The van der Waals surface area contributed by atoms with Gasteiger partial charge >= 0.3 is 0 Å². The number of aliphatic hydroxyl groups excluding tert-OH is 1. The van der Waals surface area contributed by atoms with E-state index in [1.807, 2.05) is 45.0 Å². The first kappa shape index (κ1) is 14.0. The minimum atomic E-state index is -0.381. The summed E-state index contributed by atoms with van der Waals surface area (Å²) in [7, 11) is 0. The zero-order chi connectivity index (χ0) is 12.7. The fourth-order valence-corrected chi connectivity index (χ4v) is 1.47. The van der Waals surface area contributed by atoms with E-state index in [-0.39, 0.29) is 12.2 Å². The highest BCUT2D eigenvalue weighted by atomic mass is 16.5. The summed E-state index contributed by atoms with van der Waals surface area (Å²) in [6, 6.07) is 7.55. The molecule has 0 aliphatic carbocycles. The van der Waals surface area contributed by atoms with Gasteiger partial charge in [-0.05, 0) is 38.0 Å². The van der Waals surface area contributed by atoms with Crippen molar-refractivity contribution < 1.29 is 14.6 Å². The van der Waals surface area contributed by atoms with E-state index in [1.54, 1.807) is 0 Å². The van der Waals surface area contributed by atoms with E-state index >= 15 is 0 Å². The van der Waals surface area contributed by atoms with Gasteiger partial charge in [0.2, 0.25) is 0 Å². The SMILES string of the molecule is CC[C@H](O)c1ccc(OCCOC(C)C)cc1. The van der Waals surface area contributed by atoms with Crippen LogP contribution in [-0.4, -0.2) is 24.4 Å². The van der Waals surface area contributed by atoms with Crippen LogP contribution in [-0.2, 0) is 4.74 Å². The second-order valence-electron chi connectivity index (χ2n) is 4.26. The van der Waals surface area contributed by atoms with Gasteiger partial charge in [0.1, 0.15) is 12.4 Å². The molecule has 0 spiro atoms. The lowest BCUT2D eigenvalue weighted by Crippen LogP contribution is -2.11. The molecule has 0 aliphatic heterocycles. The van der Waals surface area contributed by atoms with Gasteiger partial charge in [-0.1, -0.05) is 19.1 Å². The molecule has 0 saturated heterocycles. The zero-order valence-electron chi connectivity index (χ0n) is 10.8. The molecule has 0 radical (unpaired) electrons. The maximum Gasteiger partial charge on any atom is 0.119 e. The van der Waals surface area contributed by atoms with Crippen molar-refractivity contribution in [2.45, 2.75) is 39.4 Å². The van der Waals surface area contributed by atoms with E-state index in [9.17, 15) is 5.11 Å². The molecule has 0 aromatic heterocycles. The van der Waals surface area contributed by atoms with Gasteiger partial charge in [-0.3, -0.25) is 0 Å². The van der Waals surface area contributed by atoms with Gasteiger partial charge in [-0.15, -0.1) is 0 Å². The number of rotatable bonds is 7. The van der Waals surface area contributed by atoms with Crippen LogP contribution >= 0.6 is 0 Å². The molecule has 1 rings (SSSR count). The predicted octanol–water partition coefficient (Wildman–Crippen LogP) is 2.93. The summed E-state index contributed by atoms with van der Waals surface area (Å²) in [5.41, 5.74) is 0.929. The molecule has 0 bridgehead atoms. The molecule has 0 aliphatic rings. The average molecular weight is 238 g/mol. The van der Waals surface area contributed by atoms with Crippen LogP contribution in [0.25, 0.3) is 0 Å². The molecule has 0 amide bonds. The Morgan fingerprint density at radius 2 is 1.76 bits per heavy atom. The summed E-state index contributed by atoms with van der Waals surface area (Å²) in [5.74, 6) is 0.810. The Bertz CT molecular complexity index is 306. The topological polar surface area (TPSA) is 38.7 Å². The molecular weight excluding hydrogens is 216 g/mol. The van der Waals surface area contributed by atoms with E-state index in [2.05, 4.69) is 0 Å². The van der Waals surface area contributed by atoms with Crippen molar-refractivity contribution in [3.63, 3.8) is 0 Å². The first-order valence-electron chi connectivity index (χ1n) is 6.16. The van der Waals surface area contributed by atoms with Gasteiger partial charge in [-0.25, -0.2) is 0 Å². The lowest BCUT2D eigenvalue weighted by molar-refractivity contribution is 0.0552. The van der Waals surface area contributed by atoms with Crippen molar-refractivity contribution in [1.29, 1.82) is 0 Å². The fraction of sp³-hybridized carbons (Fsp3) is 0.571. The lowest BCUT2D eigenvalue weighted by Gasteiger charge is -2.11. The molecule has 0 fully saturated rings. The third-order valence-corrected chi connectivity index (χ3v) is 2.45. The van der Waals surface area contributed by atoms with Gasteiger partial charge < -0.3 is 14.6 Å². The lowest BCUT2D eigenvalue weighted by atomic mass is 10.1. The highest BCUT2D eigenvalue weighted by Gasteiger charge is 2.04. The van der Waals surface area contributed by atoms with Gasteiger partial charge in [0.15, 0.2) is 0 Å². The molecule has 1 N–H and O–H groups in total. The summed E-state index contributed by atoms with van der Waals surface area (Å²) in [4.78, 5) is 0. The van der Waals surface area contributed by atoms with Crippen LogP contribution in [0.5, 0.6) is 5.75 Å². The third kappa shape index (κ3) is 5.20. The molecule has 0 saturated carbocycles. The molecule has 1 aromatic carbocycles. The quantitative estimate of drug-likeness (QED) is 0.742. The molecular formula is C14H22O3. The second-order valence-corrected chi connectivity index (χ2v) is 4.26. The van der Waals surface area contributed by atoms with Crippen molar-refractivity contribution in [3.8, 4) is 5.75 Å². The van der Waals surface area contributed by atoms with Crippen molar-refractivity contribution in [2.75, 3.05) is 13.2 Å². The molecule has 0 heterocycles. The molecule has 1 atom stereocenters. The molecule has 17 heavy (non-hydrogen) atoms. The van der Waals surface area contributed by atoms with Crippen molar-refractivity contribution in [2.24, 2.45) is 0 Å². The fourth-order valence-electron chi connectivity index (χ4n) is 1.47. The van der Waals surface area contributed by atoms with Crippen LogP contribution in [0, 0.1) is 0 Å². The molecule has 0 unspecified atom stereocenters. The Kier molecular flexibility index (Phi) is 6.01. The number of benzene rings is 1. The summed E-state index contributed by atoms with van der Waals surface area (Å²) in [6.45, 7) is 7.10. The molecule has 3 nitrogen and oxygen atoms in total. The highest BCUT2D eigenvalue weighted by molar-refractivity contribution is 5.28. The highest BCUT2D eigenvalue weighted by Crippen LogP contribution is 2.19. The van der Waals surface area contributed by atoms with Gasteiger partial charge in [0.05, 0.1) is 18.8 Å². The minimum absolute atomic E-state index is 0.237. The van der Waals surface area contributed by atoms with Gasteiger partial charge in [0.25, 0.3) is 0 Å². The normalized spacial score (nSPS) is 12.8. The Labute approximate surface area is 103 Å². The van der Waals surface area contributed by atoms with E-state index in [0.717, 1.165) is 17.7 Å². The first-order valence-corrected chi connectivity index (χ1v) is 6.16. The Hall–Kier alpha value is -1.06.